The molecule has 0 amide bonds. The average molecular weight is 198 g/mol. The van der Waals surface area contributed by atoms with Crippen LogP contribution in [0, 0.1) is 11.3 Å². The van der Waals surface area contributed by atoms with Gasteiger partial charge in [0.2, 0.25) is 0 Å². The van der Waals surface area contributed by atoms with Crippen molar-refractivity contribution in [3.63, 3.8) is 0 Å². The molecule has 1 heterocycles. The van der Waals surface area contributed by atoms with Crippen molar-refractivity contribution >= 4 is 11.0 Å². The van der Waals surface area contributed by atoms with Crippen LogP contribution in [-0.4, -0.2) is 15.0 Å². The highest BCUT2D eigenvalue weighted by molar-refractivity contribution is 5.80. The van der Waals surface area contributed by atoms with Gasteiger partial charge in [0.25, 0.3) is 0 Å². The van der Waals surface area contributed by atoms with Gasteiger partial charge in [-0.3, -0.25) is 0 Å². The molecule has 4 nitrogen and oxygen atoms in total. The van der Waals surface area contributed by atoms with Crippen LogP contribution in [0.3, 0.4) is 0 Å². The minimum absolute atomic E-state index is 0.282. The number of hydrogen-bond donors (Lipinski definition) is 0. The fraction of sp³-hybridized carbons (Fsp3) is 0.364. The number of hydrogen-bond acceptors (Lipinski definition) is 3. The van der Waals surface area contributed by atoms with Crippen molar-refractivity contribution in [1.82, 2.24) is 15.0 Å². The average Bonchev–Trinajstić information content (AvgIpc) is 2.98. The highest BCUT2D eigenvalue weighted by Crippen LogP contribution is 2.49. The zero-order valence-electron chi connectivity index (χ0n) is 8.44. The summed E-state index contributed by atoms with van der Waals surface area (Å²) in [5.74, 6) is 0. The Morgan fingerprint density at radius 1 is 1.47 bits per heavy atom. The summed E-state index contributed by atoms with van der Waals surface area (Å²) in [5.41, 5.74) is 2.62. The Morgan fingerprint density at radius 3 is 2.93 bits per heavy atom. The fourth-order valence-corrected chi connectivity index (χ4v) is 2.01. The van der Waals surface area contributed by atoms with E-state index in [4.69, 9.17) is 0 Å². The van der Waals surface area contributed by atoms with Crippen molar-refractivity contribution in [3.8, 4) is 6.07 Å². The lowest BCUT2D eigenvalue weighted by Gasteiger charge is -2.05. The van der Waals surface area contributed by atoms with Gasteiger partial charge in [0.1, 0.15) is 5.52 Å². The van der Waals surface area contributed by atoms with E-state index in [0.717, 1.165) is 29.4 Å². The number of rotatable bonds is 1. The van der Waals surface area contributed by atoms with Crippen LogP contribution in [0.15, 0.2) is 18.2 Å². The van der Waals surface area contributed by atoms with E-state index in [1.54, 1.807) is 4.68 Å². The number of aromatic nitrogens is 3. The lowest BCUT2D eigenvalue weighted by Crippen LogP contribution is -2.03. The molecule has 1 fully saturated rings. The van der Waals surface area contributed by atoms with Gasteiger partial charge in [0, 0.05) is 12.6 Å². The second kappa shape index (κ2) is 2.57. The van der Waals surface area contributed by atoms with E-state index in [1.807, 2.05) is 25.2 Å². The van der Waals surface area contributed by atoms with Gasteiger partial charge in [0.05, 0.1) is 17.0 Å². The molecule has 0 saturated heterocycles. The smallest absolute Gasteiger partial charge is 0.117 e. The zero-order chi connectivity index (χ0) is 10.5. The fourth-order valence-electron chi connectivity index (χ4n) is 2.01. The molecule has 0 unspecified atom stereocenters. The number of aryl methyl sites for hydroxylation is 1. The summed E-state index contributed by atoms with van der Waals surface area (Å²) in [6.45, 7) is 0. The topological polar surface area (TPSA) is 54.5 Å². The van der Waals surface area contributed by atoms with Crippen molar-refractivity contribution in [2.75, 3.05) is 0 Å². The highest BCUT2D eigenvalue weighted by Gasteiger charge is 2.46. The first-order valence-corrected chi connectivity index (χ1v) is 4.97. The van der Waals surface area contributed by atoms with Crippen molar-refractivity contribution in [1.29, 1.82) is 5.26 Å². The molecule has 0 radical (unpaired) electrons. The van der Waals surface area contributed by atoms with E-state index < -0.39 is 0 Å². The predicted octanol–water partition coefficient (Wildman–Crippen LogP) is 1.52. The molecule has 0 aliphatic heterocycles. The van der Waals surface area contributed by atoms with E-state index in [1.165, 1.54) is 0 Å². The van der Waals surface area contributed by atoms with Gasteiger partial charge < -0.3 is 0 Å². The summed E-state index contributed by atoms with van der Waals surface area (Å²) < 4.78 is 1.74. The largest absolute Gasteiger partial charge is 0.248 e. The Morgan fingerprint density at radius 2 is 2.27 bits per heavy atom. The maximum atomic E-state index is 9.17. The molecule has 1 aromatic heterocycles. The third-order valence-electron chi connectivity index (χ3n) is 3.12. The molecule has 1 saturated carbocycles. The molecule has 3 rings (SSSR count). The van der Waals surface area contributed by atoms with E-state index in [0.29, 0.717) is 0 Å². The minimum atomic E-state index is -0.282. The summed E-state index contributed by atoms with van der Waals surface area (Å²) in [6, 6.07) is 8.34. The third kappa shape index (κ3) is 1.00. The lowest BCUT2D eigenvalue weighted by atomic mass is 9.96. The van der Waals surface area contributed by atoms with Crippen LogP contribution in [0.2, 0.25) is 0 Å². The SMILES string of the molecule is Cn1nnc2c(C3(C#N)CC3)cccc21. The summed E-state index contributed by atoms with van der Waals surface area (Å²) in [6.07, 6.45) is 1.89. The summed E-state index contributed by atoms with van der Waals surface area (Å²) >= 11 is 0. The summed E-state index contributed by atoms with van der Waals surface area (Å²) in [4.78, 5) is 0. The monoisotopic (exact) mass is 198 g/mol. The van der Waals surface area contributed by atoms with Crippen molar-refractivity contribution in [3.05, 3.63) is 23.8 Å². The van der Waals surface area contributed by atoms with Gasteiger partial charge >= 0.3 is 0 Å². The summed E-state index contributed by atoms with van der Waals surface area (Å²) in [7, 11) is 1.87. The quantitative estimate of drug-likeness (QED) is 0.698. The van der Waals surface area contributed by atoms with E-state index >= 15 is 0 Å². The van der Waals surface area contributed by atoms with Gasteiger partial charge in [-0.25, -0.2) is 4.68 Å². The number of fused-ring (bicyclic) bond motifs is 1. The normalized spacial score (nSPS) is 17.6. The highest BCUT2D eigenvalue weighted by atomic mass is 15.4. The Balaban J connectivity index is 2.33. The van der Waals surface area contributed by atoms with Crippen LogP contribution >= 0.6 is 0 Å². The second-order valence-electron chi connectivity index (χ2n) is 4.08. The van der Waals surface area contributed by atoms with Gasteiger partial charge in [-0.15, -0.1) is 5.10 Å². The van der Waals surface area contributed by atoms with Crippen LogP contribution in [-0.2, 0) is 12.5 Å². The number of nitriles is 1. The summed E-state index contributed by atoms with van der Waals surface area (Å²) in [5, 5.41) is 17.3. The van der Waals surface area contributed by atoms with Gasteiger partial charge in [-0.2, -0.15) is 5.26 Å². The Hall–Kier alpha value is -1.89. The lowest BCUT2D eigenvalue weighted by molar-refractivity contribution is 0.736. The van der Waals surface area contributed by atoms with Crippen molar-refractivity contribution in [2.24, 2.45) is 7.05 Å². The zero-order valence-corrected chi connectivity index (χ0v) is 8.44. The number of benzene rings is 1. The van der Waals surface area contributed by atoms with E-state index in [9.17, 15) is 5.26 Å². The molecule has 1 aliphatic rings. The van der Waals surface area contributed by atoms with Crippen LogP contribution in [0.5, 0.6) is 0 Å². The Labute approximate surface area is 87.1 Å². The first kappa shape index (κ1) is 8.42. The van der Waals surface area contributed by atoms with Crippen LogP contribution in [0.1, 0.15) is 18.4 Å². The first-order chi connectivity index (χ1) is 7.27. The molecule has 0 bridgehead atoms. The third-order valence-corrected chi connectivity index (χ3v) is 3.12. The molecule has 1 aliphatic carbocycles. The molecule has 4 heteroatoms. The van der Waals surface area contributed by atoms with Crippen LogP contribution < -0.4 is 0 Å². The number of nitrogens with zero attached hydrogens (tertiary/aromatic N) is 4. The maximum absolute atomic E-state index is 9.17. The molecule has 74 valence electrons. The maximum Gasteiger partial charge on any atom is 0.117 e. The van der Waals surface area contributed by atoms with Crippen LogP contribution in [0.25, 0.3) is 11.0 Å². The molecule has 2 aromatic rings. The standard InChI is InChI=1S/C11H10N4/c1-15-9-4-2-3-8(10(9)13-14-15)11(7-12)5-6-11/h2-4H,5-6H2,1H3. The second-order valence-corrected chi connectivity index (χ2v) is 4.08. The molecule has 0 spiro atoms. The molecule has 0 atom stereocenters. The van der Waals surface area contributed by atoms with Gasteiger partial charge in [-0.1, -0.05) is 17.3 Å². The molecular formula is C11H10N4. The molecular weight excluding hydrogens is 188 g/mol. The molecule has 0 N–H and O–H groups in total. The molecule has 1 aromatic carbocycles. The predicted molar refractivity (Wildman–Crippen MR) is 55.0 cm³/mol. The van der Waals surface area contributed by atoms with E-state index in [-0.39, 0.29) is 5.41 Å². The first-order valence-electron chi connectivity index (χ1n) is 4.97. The van der Waals surface area contributed by atoms with E-state index in [2.05, 4.69) is 16.4 Å². The van der Waals surface area contributed by atoms with Crippen molar-refractivity contribution < 1.29 is 0 Å². The Bertz CT molecular complexity index is 572. The Kier molecular flexibility index (Phi) is 1.44. The van der Waals surface area contributed by atoms with Crippen molar-refractivity contribution in [2.45, 2.75) is 18.3 Å². The minimum Gasteiger partial charge on any atom is -0.248 e. The van der Waals surface area contributed by atoms with Crippen LogP contribution in [0.4, 0.5) is 0 Å². The molecule has 15 heavy (non-hydrogen) atoms. The van der Waals surface area contributed by atoms with Gasteiger partial charge in [0.15, 0.2) is 0 Å². The van der Waals surface area contributed by atoms with Gasteiger partial charge in [-0.05, 0) is 18.9 Å².